The van der Waals surface area contributed by atoms with E-state index in [4.69, 9.17) is 21.3 Å². The fourth-order valence-electron chi connectivity index (χ4n) is 9.66. The molecule has 3 aromatic carbocycles. The quantitative estimate of drug-likeness (QED) is 0.112. The number of ether oxygens (including phenoxy) is 1. The number of fused-ring (bicyclic) bond motifs is 4. The van der Waals surface area contributed by atoms with E-state index in [2.05, 4.69) is 42.1 Å². The van der Waals surface area contributed by atoms with Crippen LogP contribution in [0.15, 0.2) is 83.9 Å². The molecule has 8 rings (SSSR count). The van der Waals surface area contributed by atoms with Crippen molar-refractivity contribution in [2.75, 3.05) is 32.8 Å². The third-order valence-electron chi connectivity index (χ3n) is 14.6. The van der Waals surface area contributed by atoms with Crippen LogP contribution >= 0.6 is 22.9 Å². The lowest BCUT2D eigenvalue weighted by atomic mass is 9.81. The summed E-state index contributed by atoms with van der Waals surface area (Å²) in [7, 11) is 0. The number of rotatable bonds is 10. The van der Waals surface area contributed by atoms with E-state index in [0.29, 0.717) is 47.2 Å². The summed E-state index contributed by atoms with van der Waals surface area (Å²) in [5, 5.41) is 27.0. The second-order valence-electron chi connectivity index (χ2n) is 20.4. The number of nitrogens with one attached hydrogen (secondary N) is 6. The Morgan fingerprint density at radius 1 is 0.831 bits per heavy atom. The first kappa shape index (κ1) is 55.9. The maximum Gasteiger partial charge on any atom is 0.246 e. The molecule has 0 bridgehead atoms. The molecule has 3 aliphatic rings. The van der Waals surface area contributed by atoms with Crippen LogP contribution in [0.1, 0.15) is 98.2 Å². The lowest BCUT2D eigenvalue weighted by molar-refractivity contribution is -0.145. The topological polar surface area (TPSA) is 247 Å². The fourth-order valence-corrected chi connectivity index (χ4v) is 11.0. The van der Waals surface area contributed by atoms with Gasteiger partial charge in [-0.15, -0.1) is 21.5 Å². The SMILES string of the molecule is CCC(C)(C)C1NC(=O)COCCNC(=O)[C@@H](CNC(=O)C[C@@H]2N=C(c3ccc(Cl)cc3)c3c(sc(C)c3C)-n3c(C)nnc32)NC(=O)[C@@H](C)NC(=O)[C@@H](Cc2ccc(-c3ccccc3)cc2)NC(=O)[C@@H]2CCCN2C1=O. The lowest BCUT2D eigenvalue weighted by Gasteiger charge is -2.37. The van der Waals surface area contributed by atoms with Gasteiger partial charge in [-0.1, -0.05) is 99.1 Å². The number of carbonyl (C=O) groups excluding carboxylic acids is 7. The molecule has 0 saturated carbocycles. The molecular formula is C56H66ClN11O8S. The second-order valence-corrected chi connectivity index (χ2v) is 22.0. The number of carbonyl (C=O) groups is 7. The predicted octanol–water partition coefficient (Wildman–Crippen LogP) is 4.75. The second kappa shape index (κ2) is 24.4. The highest BCUT2D eigenvalue weighted by molar-refractivity contribution is 7.15. The van der Waals surface area contributed by atoms with Crippen LogP contribution in [-0.2, 0) is 44.7 Å². The van der Waals surface area contributed by atoms with Gasteiger partial charge in [0.1, 0.15) is 53.7 Å². The zero-order valence-electron chi connectivity index (χ0n) is 44.3. The smallest absolute Gasteiger partial charge is 0.246 e. The summed E-state index contributed by atoms with van der Waals surface area (Å²) < 4.78 is 7.57. The number of aryl methyl sites for hydroxylation is 2. The van der Waals surface area contributed by atoms with Gasteiger partial charge in [0.25, 0.3) is 0 Å². The van der Waals surface area contributed by atoms with E-state index in [-0.39, 0.29) is 39.1 Å². The Morgan fingerprint density at radius 2 is 1.52 bits per heavy atom. The zero-order valence-corrected chi connectivity index (χ0v) is 45.9. The number of hydrogen-bond donors (Lipinski definition) is 6. The molecule has 3 aliphatic heterocycles. The molecule has 1 unspecified atom stereocenters. The van der Waals surface area contributed by atoms with Gasteiger partial charge in [-0.25, -0.2) is 0 Å². The van der Waals surface area contributed by atoms with Gasteiger partial charge in [-0.05, 0) is 86.8 Å². The van der Waals surface area contributed by atoms with E-state index in [1.165, 1.54) is 11.8 Å². The minimum atomic E-state index is -1.37. The van der Waals surface area contributed by atoms with Gasteiger partial charge in [0.05, 0.1) is 18.7 Å². The van der Waals surface area contributed by atoms with Crippen molar-refractivity contribution in [1.82, 2.24) is 51.6 Å². The molecule has 5 heterocycles. The van der Waals surface area contributed by atoms with Gasteiger partial charge in [0.15, 0.2) is 5.82 Å². The van der Waals surface area contributed by atoms with Crippen molar-refractivity contribution >= 4 is 70.0 Å². The predicted molar refractivity (Wildman–Crippen MR) is 293 cm³/mol. The number of amides is 7. The van der Waals surface area contributed by atoms with Crippen LogP contribution in [-0.4, -0.2) is 130 Å². The molecule has 5 aromatic rings. The highest BCUT2D eigenvalue weighted by Crippen LogP contribution is 2.40. The van der Waals surface area contributed by atoms with Crippen molar-refractivity contribution in [3.05, 3.63) is 123 Å². The van der Waals surface area contributed by atoms with Crippen LogP contribution in [0.3, 0.4) is 0 Å². The van der Waals surface area contributed by atoms with Crippen LogP contribution in [0.5, 0.6) is 0 Å². The summed E-state index contributed by atoms with van der Waals surface area (Å²) in [6.07, 6.45) is 1.16. The van der Waals surface area contributed by atoms with Gasteiger partial charge >= 0.3 is 0 Å². The maximum atomic E-state index is 14.4. The first-order chi connectivity index (χ1) is 36.8. The average Bonchev–Trinajstić information content (AvgIpc) is 4.13. The molecule has 6 N–H and O–H groups in total. The zero-order chi connectivity index (χ0) is 55.1. The Labute approximate surface area is 456 Å². The highest BCUT2D eigenvalue weighted by atomic mass is 35.5. The van der Waals surface area contributed by atoms with Crippen molar-refractivity contribution in [2.45, 2.75) is 117 Å². The summed E-state index contributed by atoms with van der Waals surface area (Å²) in [6.45, 7) is 12.2. The molecule has 6 atom stereocenters. The number of halogens is 1. The molecule has 0 radical (unpaired) electrons. The average molecular weight is 1090 g/mol. The minimum absolute atomic E-state index is 0.0237. The van der Waals surface area contributed by atoms with Crippen molar-refractivity contribution < 1.29 is 38.3 Å². The molecule has 19 nitrogen and oxygen atoms in total. The molecule has 2 aromatic heterocycles. The highest BCUT2D eigenvalue weighted by Gasteiger charge is 2.44. The molecule has 0 aliphatic carbocycles. The number of aromatic nitrogens is 3. The Kier molecular flexibility index (Phi) is 17.7. The largest absolute Gasteiger partial charge is 0.370 e. The summed E-state index contributed by atoms with van der Waals surface area (Å²) in [5.74, 6) is -3.19. The Balaban J connectivity index is 1.04. The van der Waals surface area contributed by atoms with Crippen molar-refractivity contribution in [3.8, 4) is 16.1 Å². The normalized spacial score (nSPS) is 22.1. The van der Waals surface area contributed by atoms with Crippen LogP contribution in [0, 0.1) is 26.2 Å². The number of benzene rings is 3. The molecule has 2 fully saturated rings. The third kappa shape index (κ3) is 12.9. The Bertz CT molecular complexity index is 3050. The molecule has 21 heteroatoms. The lowest BCUT2D eigenvalue weighted by Crippen LogP contribution is -2.60. The molecule has 77 heavy (non-hydrogen) atoms. The van der Waals surface area contributed by atoms with Crippen LogP contribution in [0.25, 0.3) is 16.1 Å². The van der Waals surface area contributed by atoms with Crippen molar-refractivity contribution in [1.29, 1.82) is 0 Å². The van der Waals surface area contributed by atoms with E-state index < -0.39 is 89.6 Å². The standard InChI is InChI=1S/C56H66ClN11O8S/c1-8-56(6,7)48-54(75)67-25-12-15-43(67)53(74)62-41(27-35-16-18-37(19-17-35)36-13-10-9-11-14-36)52(73)60-32(3)50(71)63-42(51(72)58-24-26-76-30-45(70)64-48)29-59-44(69)28-40-49-66-65-34(5)68(49)55-46(31(2)33(4)77-55)47(61-40)38-20-22-39(57)23-21-38/h9-11,13-14,16-23,32,40-43,48H,8,12,15,24-30H2,1-7H3,(H,58,72)(H,59,69)(H,60,73)(H,62,74)(H,63,71)(H,64,70)/t32-,40+,41-,42-,43+,48?/m1/s1. The van der Waals surface area contributed by atoms with Crippen LogP contribution < -0.4 is 31.9 Å². The monoisotopic (exact) mass is 1090 g/mol. The molecule has 2 saturated heterocycles. The summed E-state index contributed by atoms with van der Waals surface area (Å²) in [5.41, 5.74) is 5.26. The van der Waals surface area contributed by atoms with E-state index in [9.17, 15) is 33.6 Å². The van der Waals surface area contributed by atoms with Crippen molar-refractivity contribution in [2.24, 2.45) is 10.4 Å². The van der Waals surface area contributed by atoms with E-state index in [1.807, 2.05) is 113 Å². The van der Waals surface area contributed by atoms with Gasteiger partial charge in [-0.3, -0.25) is 43.1 Å². The summed E-state index contributed by atoms with van der Waals surface area (Å²) >= 11 is 7.87. The number of thiophene rings is 1. The Morgan fingerprint density at radius 3 is 2.23 bits per heavy atom. The maximum absolute atomic E-state index is 14.4. The Hall–Kier alpha value is -7.29. The molecule has 7 amide bonds. The number of nitrogens with zero attached hydrogens (tertiary/aromatic N) is 5. The fraction of sp³-hybridized carbons (Fsp3) is 0.429. The summed E-state index contributed by atoms with van der Waals surface area (Å²) in [6, 6.07) is 18.0. The molecular weight excluding hydrogens is 1020 g/mol. The van der Waals surface area contributed by atoms with Gasteiger partial charge in [0.2, 0.25) is 41.4 Å². The third-order valence-corrected chi connectivity index (χ3v) is 16.1. The first-order valence-electron chi connectivity index (χ1n) is 26.0. The first-order valence-corrected chi connectivity index (χ1v) is 27.2. The minimum Gasteiger partial charge on any atom is -0.370 e. The van der Waals surface area contributed by atoms with Gasteiger partial charge in [0, 0.05) is 47.1 Å². The molecule has 406 valence electrons. The van der Waals surface area contributed by atoms with E-state index in [1.54, 1.807) is 23.5 Å². The van der Waals surface area contributed by atoms with Crippen molar-refractivity contribution in [3.63, 3.8) is 0 Å². The van der Waals surface area contributed by atoms with E-state index >= 15 is 0 Å². The molecule has 0 spiro atoms. The van der Waals surface area contributed by atoms with Gasteiger partial charge in [-0.2, -0.15) is 0 Å². The van der Waals surface area contributed by atoms with E-state index in [0.717, 1.165) is 37.7 Å². The van der Waals surface area contributed by atoms with Crippen LogP contribution in [0.2, 0.25) is 5.02 Å². The van der Waals surface area contributed by atoms with Gasteiger partial charge < -0.3 is 41.5 Å². The number of hydrogen-bond acceptors (Lipinski definition) is 12. The number of aliphatic imine (C=N–C) groups is 1. The summed E-state index contributed by atoms with van der Waals surface area (Å²) in [4.78, 5) is 107. The van der Waals surface area contributed by atoms with Crippen LogP contribution in [0.4, 0.5) is 0 Å².